The fraction of sp³-hybridized carbons (Fsp3) is 0.182. The van der Waals surface area contributed by atoms with Crippen molar-refractivity contribution >= 4 is 16.8 Å². The third-order valence-electron chi connectivity index (χ3n) is 2.19. The summed E-state index contributed by atoms with van der Waals surface area (Å²) in [5.74, 6) is 0.0491. The Kier molecular flexibility index (Phi) is 1.69. The van der Waals surface area contributed by atoms with Crippen molar-refractivity contribution in [2.75, 3.05) is 0 Å². The molecule has 0 radical (unpaired) electrons. The molecule has 0 aliphatic heterocycles. The SMILES string of the molecule is CC(=O)c1coc2cccc(C)c12. The van der Waals surface area contributed by atoms with Crippen molar-refractivity contribution in [2.24, 2.45) is 0 Å². The fourth-order valence-corrected chi connectivity index (χ4v) is 1.52. The van der Waals surface area contributed by atoms with Crippen LogP contribution in [0.1, 0.15) is 22.8 Å². The Balaban J connectivity index is 2.86. The number of rotatable bonds is 1. The number of carbonyl (C=O) groups excluding carboxylic acids is 1. The van der Waals surface area contributed by atoms with Crippen LogP contribution in [0.25, 0.3) is 11.0 Å². The summed E-state index contributed by atoms with van der Waals surface area (Å²) in [7, 11) is 0. The molecule has 1 heterocycles. The highest BCUT2D eigenvalue weighted by molar-refractivity contribution is 6.06. The first-order chi connectivity index (χ1) is 6.20. The molecule has 1 aromatic heterocycles. The van der Waals surface area contributed by atoms with Crippen LogP contribution in [0.2, 0.25) is 0 Å². The molecular weight excluding hydrogens is 164 g/mol. The number of Topliss-reactive ketones (excluding diaryl/α,β-unsaturated/α-hetero) is 1. The largest absolute Gasteiger partial charge is 0.464 e. The Morgan fingerprint density at radius 2 is 2.15 bits per heavy atom. The smallest absolute Gasteiger partial charge is 0.163 e. The zero-order valence-electron chi connectivity index (χ0n) is 7.63. The lowest BCUT2D eigenvalue weighted by Gasteiger charge is -1.95. The van der Waals surface area contributed by atoms with Crippen LogP contribution < -0.4 is 0 Å². The van der Waals surface area contributed by atoms with Gasteiger partial charge in [-0.3, -0.25) is 4.79 Å². The Morgan fingerprint density at radius 3 is 2.85 bits per heavy atom. The molecule has 0 aliphatic rings. The van der Waals surface area contributed by atoms with E-state index in [9.17, 15) is 4.79 Å². The van der Waals surface area contributed by atoms with E-state index in [0.29, 0.717) is 5.56 Å². The summed E-state index contributed by atoms with van der Waals surface area (Å²) in [4.78, 5) is 11.2. The Bertz CT molecular complexity index is 466. The van der Waals surface area contributed by atoms with Gasteiger partial charge < -0.3 is 4.42 Å². The quantitative estimate of drug-likeness (QED) is 0.622. The van der Waals surface area contributed by atoms with Gasteiger partial charge >= 0.3 is 0 Å². The van der Waals surface area contributed by atoms with Gasteiger partial charge in [-0.15, -0.1) is 0 Å². The van der Waals surface area contributed by atoms with Crippen molar-refractivity contribution < 1.29 is 9.21 Å². The molecule has 0 spiro atoms. The van der Waals surface area contributed by atoms with Gasteiger partial charge in [-0.2, -0.15) is 0 Å². The van der Waals surface area contributed by atoms with Gasteiger partial charge in [-0.25, -0.2) is 0 Å². The van der Waals surface area contributed by atoms with Crippen molar-refractivity contribution in [2.45, 2.75) is 13.8 Å². The number of carbonyl (C=O) groups is 1. The summed E-state index contributed by atoms with van der Waals surface area (Å²) in [5, 5.41) is 0.940. The predicted octanol–water partition coefficient (Wildman–Crippen LogP) is 2.94. The molecule has 0 unspecified atom stereocenters. The van der Waals surface area contributed by atoms with E-state index in [-0.39, 0.29) is 5.78 Å². The van der Waals surface area contributed by atoms with Gasteiger partial charge in [0, 0.05) is 5.39 Å². The van der Waals surface area contributed by atoms with Crippen LogP contribution in [0.3, 0.4) is 0 Å². The average molecular weight is 174 g/mol. The molecule has 0 saturated heterocycles. The minimum Gasteiger partial charge on any atom is -0.464 e. The lowest BCUT2D eigenvalue weighted by Crippen LogP contribution is -1.89. The van der Waals surface area contributed by atoms with E-state index < -0.39 is 0 Å². The van der Waals surface area contributed by atoms with E-state index in [1.54, 1.807) is 6.92 Å². The van der Waals surface area contributed by atoms with Crippen LogP contribution in [-0.2, 0) is 0 Å². The van der Waals surface area contributed by atoms with Crippen molar-refractivity contribution in [1.82, 2.24) is 0 Å². The van der Waals surface area contributed by atoms with E-state index in [0.717, 1.165) is 16.5 Å². The zero-order chi connectivity index (χ0) is 9.42. The van der Waals surface area contributed by atoms with Crippen LogP contribution in [-0.4, -0.2) is 5.78 Å². The van der Waals surface area contributed by atoms with Crippen LogP contribution in [0.5, 0.6) is 0 Å². The maximum absolute atomic E-state index is 11.2. The normalized spacial score (nSPS) is 10.6. The number of fused-ring (bicyclic) bond motifs is 1. The summed E-state index contributed by atoms with van der Waals surface area (Å²) >= 11 is 0. The average Bonchev–Trinajstić information content (AvgIpc) is 2.49. The van der Waals surface area contributed by atoms with Crippen molar-refractivity contribution in [3.63, 3.8) is 0 Å². The molecule has 0 bridgehead atoms. The molecule has 0 atom stereocenters. The summed E-state index contributed by atoms with van der Waals surface area (Å²) in [6, 6.07) is 5.77. The molecule has 2 heteroatoms. The van der Waals surface area contributed by atoms with Gasteiger partial charge in [0.15, 0.2) is 5.78 Å². The van der Waals surface area contributed by atoms with E-state index >= 15 is 0 Å². The summed E-state index contributed by atoms with van der Waals surface area (Å²) in [5.41, 5.74) is 2.54. The van der Waals surface area contributed by atoms with Crippen LogP contribution >= 0.6 is 0 Å². The predicted molar refractivity (Wildman–Crippen MR) is 51.0 cm³/mol. The van der Waals surface area contributed by atoms with Crippen LogP contribution in [0, 0.1) is 6.92 Å². The second-order valence-corrected chi connectivity index (χ2v) is 3.15. The lowest BCUT2D eigenvalue weighted by atomic mass is 10.1. The van der Waals surface area contributed by atoms with Gasteiger partial charge in [0.25, 0.3) is 0 Å². The molecule has 0 saturated carbocycles. The first kappa shape index (κ1) is 8.05. The van der Waals surface area contributed by atoms with E-state index in [1.165, 1.54) is 6.26 Å². The van der Waals surface area contributed by atoms with Gasteiger partial charge in [0.1, 0.15) is 11.8 Å². The Labute approximate surface area is 76.2 Å². The number of ketones is 1. The highest BCUT2D eigenvalue weighted by Crippen LogP contribution is 2.24. The molecule has 66 valence electrons. The molecule has 2 rings (SSSR count). The highest BCUT2D eigenvalue weighted by Gasteiger charge is 2.10. The highest BCUT2D eigenvalue weighted by atomic mass is 16.3. The molecule has 13 heavy (non-hydrogen) atoms. The molecular formula is C11H10O2. The monoisotopic (exact) mass is 174 g/mol. The molecule has 0 fully saturated rings. The second-order valence-electron chi connectivity index (χ2n) is 3.15. The van der Waals surface area contributed by atoms with Crippen molar-refractivity contribution in [1.29, 1.82) is 0 Å². The van der Waals surface area contributed by atoms with Gasteiger partial charge in [-0.1, -0.05) is 12.1 Å². The topological polar surface area (TPSA) is 30.2 Å². The number of hydrogen-bond donors (Lipinski definition) is 0. The summed E-state index contributed by atoms with van der Waals surface area (Å²) in [6.07, 6.45) is 1.53. The van der Waals surface area contributed by atoms with Gasteiger partial charge in [0.05, 0.1) is 5.56 Å². The number of aryl methyl sites for hydroxylation is 1. The molecule has 0 N–H and O–H groups in total. The van der Waals surface area contributed by atoms with Gasteiger partial charge in [0.2, 0.25) is 0 Å². The number of furan rings is 1. The van der Waals surface area contributed by atoms with Crippen LogP contribution in [0.4, 0.5) is 0 Å². The maximum Gasteiger partial charge on any atom is 0.163 e. The number of hydrogen-bond acceptors (Lipinski definition) is 2. The van der Waals surface area contributed by atoms with Crippen molar-refractivity contribution in [3.05, 3.63) is 35.6 Å². The van der Waals surface area contributed by atoms with Gasteiger partial charge in [-0.05, 0) is 25.5 Å². The van der Waals surface area contributed by atoms with E-state index in [1.807, 2.05) is 25.1 Å². The first-order valence-electron chi connectivity index (χ1n) is 4.18. The standard InChI is InChI=1S/C11H10O2/c1-7-4-3-5-10-11(7)9(6-13-10)8(2)12/h3-6H,1-2H3. The number of benzene rings is 1. The van der Waals surface area contributed by atoms with E-state index in [4.69, 9.17) is 4.42 Å². The molecule has 2 nitrogen and oxygen atoms in total. The third kappa shape index (κ3) is 1.15. The minimum absolute atomic E-state index is 0.0491. The Hall–Kier alpha value is -1.57. The first-order valence-corrected chi connectivity index (χ1v) is 4.18. The molecule has 0 amide bonds. The fourth-order valence-electron chi connectivity index (χ4n) is 1.52. The molecule has 2 aromatic rings. The third-order valence-corrected chi connectivity index (χ3v) is 2.19. The second kappa shape index (κ2) is 2.73. The van der Waals surface area contributed by atoms with Crippen molar-refractivity contribution in [3.8, 4) is 0 Å². The zero-order valence-corrected chi connectivity index (χ0v) is 7.63. The van der Waals surface area contributed by atoms with Crippen LogP contribution in [0.15, 0.2) is 28.9 Å². The molecule has 0 aliphatic carbocycles. The maximum atomic E-state index is 11.2. The lowest BCUT2D eigenvalue weighted by molar-refractivity contribution is 0.101. The summed E-state index contributed by atoms with van der Waals surface area (Å²) < 4.78 is 5.27. The van der Waals surface area contributed by atoms with E-state index in [2.05, 4.69) is 0 Å². The minimum atomic E-state index is 0.0491. The summed E-state index contributed by atoms with van der Waals surface area (Å²) in [6.45, 7) is 3.53. The molecule has 1 aromatic carbocycles. The Morgan fingerprint density at radius 1 is 1.38 bits per heavy atom.